The molecular formula is C21H28N4O. The molecule has 1 aliphatic heterocycles. The van der Waals surface area contributed by atoms with Gasteiger partial charge in [-0.05, 0) is 30.2 Å². The topological polar surface area (TPSA) is 48.9 Å². The molecule has 0 saturated carbocycles. The van der Waals surface area contributed by atoms with Crippen LogP contribution in [0.15, 0.2) is 59.6 Å². The standard InChI is InChI=1S/C21H28N4O/c1-2-22-21(23-16-18-6-4-3-5-7-18)24-17-19-8-10-20(11-9-19)25-12-14-26-15-13-25/h3-11H,2,12-17H2,1H3,(H2,22,23,24). The van der Waals surface area contributed by atoms with Crippen molar-refractivity contribution in [1.29, 1.82) is 0 Å². The fourth-order valence-corrected chi connectivity index (χ4v) is 2.93. The SMILES string of the molecule is CCNC(=NCc1ccccc1)NCc1ccc(N2CCOCC2)cc1. The maximum absolute atomic E-state index is 5.42. The highest BCUT2D eigenvalue weighted by atomic mass is 16.5. The van der Waals surface area contributed by atoms with Crippen LogP contribution in [0.4, 0.5) is 5.69 Å². The van der Waals surface area contributed by atoms with Crippen LogP contribution in [0.2, 0.25) is 0 Å². The average Bonchev–Trinajstić information content (AvgIpc) is 2.72. The number of hydrogen-bond acceptors (Lipinski definition) is 3. The maximum atomic E-state index is 5.42. The fraction of sp³-hybridized carbons (Fsp3) is 0.381. The molecule has 0 bridgehead atoms. The van der Waals surface area contributed by atoms with E-state index in [0.717, 1.165) is 45.4 Å². The quantitative estimate of drug-likeness (QED) is 0.620. The van der Waals surface area contributed by atoms with Crippen molar-refractivity contribution >= 4 is 11.6 Å². The number of guanidine groups is 1. The summed E-state index contributed by atoms with van der Waals surface area (Å²) in [5.74, 6) is 0.841. The minimum absolute atomic E-state index is 0.673. The van der Waals surface area contributed by atoms with Gasteiger partial charge in [-0.2, -0.15) is 0 Å². The monoisotopic (exact) mass is 352 g/mol. The molecule has 5 nitrogen and oxygen atoms in total. The summed E-state index contributed by atoms with van der Waals surface area (Å²) in [6.45, 7) is 7.91. The van der Waals surface area contributed by atoms with Crippen LogP contribution in [0.25, 0.3) is 0 Å². The molecule has 2 N–H and O–H groups in total. The number of nitrogens with zero attached hydrogens (tertiary/aromatic N) is 2. The van der Waals surface area contributed by atoms with E-state index in [9.17, 15) is 0 Å². The van der Waals surface area contributed by atoms with E-state index in [1.54, 1.807) is 0 Å². The number of nitrogens with one attached hydrogen (secondary N) is 2. The smallest absolute Gasteiger partial charge is 0.191 e. The van der Waals surface area contributed by atoms with Gasteiger partial charge in [-0.1, -0.05) is 42.5 Å². The minimum atomic E-state index is 0.673. The minimum Gasteiger partial charge on any atom is -0.378 e. The van der Waals surface area contributed by atoms with E-state index in [1.165, 1.54) is 16.8 Å². The second-order valence-corrected chi connectivity index (χ2v) is 6.30. The van der Waals surface area contributed by atoms with Gasteiger partial charge in [-0.25, -0.2) is 4.99 Å². The number of rotatable bonds is 6. The Labute approximate surface area is 156 Å². The molecule has 2 aromatic carbocycles. The van der Waals surface area contributed by atoms with Crippen molar-refractivity contribution in [3.8, 4) is 0 Å². The van der Waals surface area contributed by atoms with Crippen LogP contribution in [-0.4, -0.2) is 38.8 Å². The zero-order valence-corrected chi connectivity index (χ0v) is 15.4. The molecule has 0 atom stereocenters. The highest BCUT2D eigenvalue weighted by Gasteiger charge is 2.10. The maximum Gasteiger partial charge on any atom is 0.191 e. The Morgan fingerprint density at radius 2 is 1.69 bits per heavy atom. The number of benzene rings is 2. The molecule has 2 aromatic rings. The molecule has 0 unspecified atom stereocenters. The Bertz CT molecular complexity index is 679. The largest absolute Gasteiger partial charge is 0.378 e. The molecule has 26 heavy (non-hydrogen) atoms. The predicted octanol–water partition coefficient (Wildman–Crippen LogP) is 2.78. The lowest BCUT2D eigenvalue weighted by atomic mass is 10.2. The molecule has 138 valence electrons. The lowest BCUT2D eigenvalue weighted by Gasteiger charge is -2.28. The van der Waals surface area contributed by atoms with Gasteiger partial charge in [-0.3, -0.25) is 0 Å². The lowest BCUT2D eigenvalue weighted by molar-refractivity contribution is 0.122. The van der Waals surface area contributed by atoms with Gasteiger partial charge in [0.15, 0.2) is 5.96 Å². The van der Waals surface area contributed by atoms with Crippen molar-refractivity contribution in [3.63, 3.8) is 0 Å². The molecule has 1 fully saturated rings. The lowest BCUT2D eigenvalue weighted by Crippen LogP contribution is -2.37. The Hall–Kier alpha value is -2.53. The fourth-order valence-electron chi connectivity index (χ4n) is 2.93. The second kappa shape index (κ2) is 9.82. The van der Waals surface area contributed by atoms with Gasteiger partial charge in [0.2, 0.25) is 0 Å². The first-order valence-electron chi connectivity index (χ1n) is 9.33. The number of anilines is 1. The van der Waals surface area contributed by atoms with E-state index in [1.807, 2.05) is 18.2 Å². The predicted molar refractivity (Wildman–Crippen MR) is 108 cm³/mol. The molecule has 0 amide bonds. The molecule has 1 saturated heterocycles. The summed E-state index contributed by atoms with van der Waals surface area (Å²) in [7, 11) is 0. The number of morpholine rings is 1. The summed E-state index contributed by atoms with van der Waals surface area (Å²) in [6, 6.07) is 19.0. The molecule has 0 aromatic heterocycles. The van der Waals surface area contributed by atoms with Crippen molar-refractivity contribution in [2.45, 2.75) is 20.0 Å². The van der Waals surface area contributed by atoms with Crippen molar-refractivity contribution in [1.82, 2.24) is 10.6 Å². The van der Waals surface area contributed by atoms with Crippen LogP contribution in [0.1, 0.15) is 18.1 Å². The highest BCUT2D eigenvalue weighted by Crippen LogP contribution is 2.16. The summed E-state index contributed by atoms with van der Waals surface area (Å²) < 4.78 is 5.42. The molecular weight excluding hydrogens is 324 g/mol. The van der Waals surface area contributed by atoms with Crippen LogP contribution in [-0.2, 0) is 17.8 Å². The van der Waals surface area contributed by atoms with Crippen molar-refractivity contribution < 1.29 is 4.74 Å². The Balaban J connectivity index is 1.54. The first-order valence-corrected chi connectivity index (χ1v) is 9.33. The van der Waals surface area contributed by atoms with Gasteiger partial charge >= 0.3 is 0 Å². The zero-order valence-electron chi connectivity index (χ0n) is 15.4. The molecule has 0 spiro atoms. The first kappa shape index (κ1) is 18.3. The van der Waals surface area contributed by atoms with Crippen LogP contribution in [0.5, 0.6) is 0 Å². The third-order valence-corrected chi connectivity index (χ3v) is 4.38. The summed E-state index contributed by atoms with van der Waals surface area (Å²) in [6.07, 6.45) is 0. The molecule has 3 rings (SSSR count). The van der Waals surface area contributed by atoms with Crippen molar-refractivity contribution in [2.75, 3.05) is 37.7 Å². The van der Waals surface area contributed by atoms with E-state index >= 15 is 0 Å². The van der Waals surface area contributed by atoms with Gasteiger partial charge in [0, 0.05) is 31.9 Å². The summed E-state index contributed by atoms with van der Waals surface area (Å²) in [4.78, 5) is 7.03. The molecule has 1 heterocycles. The number of ether oxygens (including phenoxy) is 1. The van der Waals surface area contributed by atoms with Gasteiger partial charge in [0.25, 0.3) is 0 Å². The molecule has 5 heteroatoms. The van der Waals surface area contributed by atoms with E-state index < -0.39 is 0 Å². The van der Waals surface area contributed by atoms with Gasteiger partial charge in [0.1, 0.15) is 0 Å². The van der Waals surface area contributed by atoms with Crippen molar-refractivity contribution in [2.24, 2.45) is 4.99 Å². The molecule has 0 radical (unpaired) electrons. The zero-order chi connectivity index (χ0) is 18.0. The first-order chi connectivity index (χ1) is 12.8. The Morgan fingerprint density at radius 3 is 2.38 bits per heavy atom. The third kappa shape index (κ3) is 5.49. The van der Waals surface area contributed by atoms with Gasteiger partial charge in [-0.15, -0.1) is 0 Å². The second-order valence-electron chi connectivity index (χ2n) is 6.30. The number of hydrogen-bond donors (Lipinski definition) is 2. The molecule has 0 aliphatic carbocycles. The van der Waals surface area contributed by atoms with Gasteiger partial charge < -0.3 is 20.3 Å². The summed E-state index contributed by atoms with van der Waals surface area (Å²) >= 11 is 0. The van der Waals surface area contributed by atoms with Crippen LogP contribution in [0, 0.1) is 0 Å². The van der Waals surface area contributed by atoms with E-state index in [0.29, 0.717) is 6.54 Å². The summed E-state index contributed by atoms with van der Waals surface area (Å²) in [5.41, 5.74) is 3.72. The Kier molecular flexibility index (Phi) is 6.90. The average molecular weight is 352 g/mol. The van der Waals surface area contributed by atoms with Crippen LogP contribution >= 0.6 is 0 Å². The van der Waals surface area contributed by atoms with E-state index in [-0.39, 0.29) is 0 Å². The normalized spacial score (nSPS) is 15.0. The molecule has 1 aliphatic rings. The van der Waals surface area contributed by atoms with Crippen molar-refractivity contribution in [3.05, 3.63) is 65.7 Å². The van der Waals surface area contributed by atoms with E-state index in [2.05, 4.69) is 63.8 Å². The van der Waals surface area contributed by atoms with E-state index in [4.69, 9.17) is 4.74 Å². The third-order valence-electron chi connectivity index (χ3n) is 4.38. The van der Waals surface area contributed by atoms with Gasteiger partial charge in [0.05, 0.1) is 19.8 Å². The van der Waals surface area contributed by atoms with Crippen LogP contribution < -0.4 is 15.5 Å². The summed E-state index contributed by atoms with van der Waals surface area (Å²) in [5, 5.41) is 6.71. The van der Waals surface area contributed by atoms with Crippen LogP contribution in [0.3, 0.4) is 0 Å². The Morgan fingerprint density at radius 1 is 0.962 bits per heavy atom. The number of aliphatic imine (C=N–C) groups is 1. The highest BCUT2D eigenvalue weighted by molar-refractivity contribution is 5.79.